The molecule has 1 aromatic rings. The zero-order valence-corrected chi connectivity index (χ0v) is 15.3. The molecular weight excluding hydrogens is 320 g/mol. The van der Waals surface area contributed by atoms with Gasteiger partial charge in [0.15, 0.2) is 0 Å². The van der Waals surface area contributed by atoms with E-state index in [4.69, 9.17) is 4.74 Å². The Kier molecular flexibility index (Phi) is 5.76. The van der Waals surface area contributed by atoms with Crippen molar-refractivity contribution in [2.24, 2.45) is 11.3 Å². The molecule has 2 aliphatic rings. The summed E-state index contributed by atoms with van der Waals surface area (Å²) < 4.78 is 7.26. The third-order valence-corrected chi connectivity index (χ3v) is 5.20. The lowest BCUT2D eigenvalue weighted by Gasteiger charge is -2.37. The molecule has 3 heterocycles. The van der Waals surface area contributed by atoms with Gasteiger partial charge < -0.3 is 20.1 Å². The van der Waals surface area contributed by atoms with Gasteiger partial charge in [0, 0.05) is 44.3 Å². The van der Waals surface area contributed by atoms with Crippen molar-refractivity contribution < 1.29 is 14.6 Å². The van der Waals surface area contributed by atoms with E-state index >= 15 is 0 Å². The molecule has 7 heteroatoms. The number of aliphatic hydroxyl groups excluding tert-OH is 1. The zero-order chi connectivity index (χ0) is 17.9. The molecule has 0 aromatic carbocycles. The SMILES string of the molecule is CC(C)(CO)CN1CCC(n2nccc2NC(=O)[C@@H]2CCOC2)CC1. The number of carbonyl (C=O) groups excluding carboxylic acids is 1. The van der Waals surface area contributed by atoms with Crippen molar-refractivity contribution in [2.45, 2.75) is 39.2 Å². The Morgan fingerprint density at radius 2 is 2.16 bits per heavy atom. The van der Waals surface area contributed by atoms with Crippen molar-refractivity contribution in [1.29, 1.82) is 0 Å². The van der Waals surface area contributed by atoms with Crippen LogP contribution in [0.3, 0.4) is 0 Å². The Hall–Kier alpha value is -1.44. The molecule has 1 aromatic heterocycles. The van der Waals surface area contributed by atoms with E-state index in [2.05, 4.69) is 29.2 Å². The van der Waals surface area contributed by atoms with Crippen molar-refractivity contribution in [2.75, 3.05) is 44.8 Å². The number of piperidine rings is 1. The molecule has 1 atom stereocenters. The van der Waals surface area contributed by atoms with E-state index in [0.717, 1.165) is 44.7 Å². The lowest BCUT2D eigenvalue weighted by Crippen LogP contribution is -2.42. The fraction of sp³-hybridized carbons (Fsp3) is 0.778. The van der Waals surface area contributed by atoms with E-state index in [1.807, 2.05) is 10.7 Å². The van der Waals surface area contributed by atoms with Crippen LogP contribution in [0, 0.1) is 11.3 Å². The Balaban J connectivity index is 1.55. The molecule has 0 unspecified atom stereocenters. The maximum atomic E-state index is 12.3. The second-order valence-electron chi connectivity index (χ2n) is 8.04. The van der Waals surface area contributed by atoms with Crippen molar-refractivity contribution in [3.63, 3.8) is 0 Å². The molecule has 25 heavy (non-hydrogen) atoms. The number of hydrogen-bond donors (Lipinski definition) is 2. The zero-order valence-electron chi connectivity index (χ0n) is 15.3. The van der Waals surface area contributed by atoms with Crippen LogP contribution in [0.1, 0.15) is 39.2 Å². The highest BCUT2D eigenvalue weighted by molar-refractivity contribution is 5.92. The summed E-state index contributed by atoms with van der Waals surface area (Å²) in [6.45, 7) is 8.43. The topological polar surface area (TPSA) is 79.6 Å². The molecule has 2 N–H and O–H groups in total. The van der Waals surface area contributed by atoms with Gasteiger partial charge in [-0.3, -0.25) is 4.79 Å². The molecule has 1 amide bonds. The number of ether oxygens (including phenoxy) is 1. The molecule has 0 bridgehead atoms. The standard InChI is InChI=1S/C18H30N4O3/c1-18(2,13-23)12-21-8-4-15(5-9-21)22-16(3-7-19-22)20-17(24)14-6-10-25-11-14/h3,7,14-15,23H,4-6,8-13H2,1-2H3,(H,20,24)/t14-/m1/s1. The van der Waals surface area contributed by atoms with Gasteiger partial charge in [-0.05, 0) is 19.3 Å². The fourth-order valence-corrected chi connectivity index (χ4v) is 3.65. The molecule has 2 fully saturated rings. The third-order valence-electron chi connectivity index (χ3n) is 5.20. The molecule has 0 spiro atoms. The number of amides is 1. The first-order chi connectivity index (χ1) is 12.0. The maximum absolute atomic E-state index is 12.3. The van der Waals surface area contributed by atoms with Crippen LogP contribution in [0.25, 0.3) is 0 Å². The van der Waals surface area contributed by atoms with Crippen molar-refractivity contribution in [1.82, 2.24) is 14.7 Å². The van der Waals surface area contributed by atoms with Crippen LogP contribution in [-0.4, -0.2) is 65.1 Å². The minimum atomic E-state index is -0.0684. The predicted molar refractivity (Wildman–Crippen MR) is 95.4 cm³/mol. The minimum Gasteiger partial charge on any atom is -0.396 e. The highest BCUT2D eigenvalue weighted by atomic mass is 16.5. The molecule has 2 saturated heterocycles. The van der Waals surface area contributed by atoms with Crippen molar-refractivity contribution in [3.05, 3.63) is 12.3 Å². The van der Waals surface area contributed by atoms with E-state index in [-0.39, 0.29) is 23.8 Å². The Labute approximate surface area is 149 Å². The Morgan fingerprint density at radius 1 is 1.40 bits per heavy atom. The van der Waals surface area contributed by atoms with E-state index < -0.39 is 0 Å². The van der Waals surface area contributed by atoms with Gasteiger partial charge in [0.2, 0.25) is 5.91 Å². The van der Waals surface area contributed by atoms with Gasteiger partial charge in [0.05, 0.1) is 24.8 Å². The van der Waals surface area contributed by atoms with Crippen molar-refractivity contribution in [3.8, 4) is 0 Å². The highest BCUT2D eigenvalue weighted by Gasteiger charge is 2.28. The fourth-order valence-electron chi connectivity index (χ4n) is 3.65. The van der Waals surface area contributed by atoms with E-state index in [1.165, 1.54) is 0 Å². The number of rotatable bonds is 6. The van der Waals surface area contributed by atoms with E-state index in [1.54, 1.807) is 6.20 Å². The summed E-state index contributed by atoms with van der Waals surface area (Å²) in [5, 5.41) is 16.9. The van der Waals surface area contributed by atoms with E-state index in [9.17, 15) is 9.90 Å². The van der Waals surface area contributed by atoms with Crippen LogP contribution < -0.4 is 5.32 Å². The maximum Gasteiger partial charge on any atom is 0.231 e. The summed E-state index contributed by atoms with van der Waals surface area (Å²) in [6.07, 6.45) is 4.54. The van der Waals surface area contributed by atoms with Gasteiger partial charge in [0.1, 0.15) is 5.82 Å². The van der Waals surface area contributed by atoms with Gasteiger partial charge in [-0.2, -0.15) is 5.10 Å². The minimum absolute atomic E-state index is 0.0291. The summed E-state index contributed by atoms with van der Waals surface area (Å²) in [5.41, 5.74) is -0.0684. The second kappa shape index (κ2) is 7.85. The van der Waals surface area contributed by atoms with E-state index in [0.29, 0.717) is 19.3 Å². The normalized spacial score (nSPS) is 23.1. The average Bonchev–Trinajstić information content (AvgIpc) is 3.27. The third kappa shape index (κ3) is 4.59. The first-order valence-corrected chi connectivity index (χ1v) is 9.24. The van der Waals surface area contributed by atoms with Gasteiger partial charge in [-0.1, -0.05) is 13.8 Å². The largest absolute Gasteiger partial charge is 0.396 e. The number of aliphatic hydroxyl groups is 1. The summed E-state index contributed by atoms with van der Waals surface area (Å²) in [7, 11) is 0. The summed E-state index contributed by atoms with van der Waals surface area (Å²) in [6, 6.07) is 2.17. The quantitative estimate of drug-likeness (QED) is 0.813. The predicted octanol–water partition coefficient (Wildman–Crippen LogP) is 1.51. The van der Waals surface area contributed by atoms with Crippen LogP contribution >= 0.6 is 0 Å². The van der Waals surface area contributed by atoms with Crippen LogP contribution in [0.4, 0.5) is 5.82 Å². The monoisotopic (exact) mass is 350 g/mol. The number of likely N-dealkylation sites (tertiary alicyclic amines) is 1. The van der Waals surface area contributed by atoms with Gasteiger partial charge in [0.25, 0.3) is 0 Å². The average molecular weight is 350 g/mol. The van der Waals surface area contributed by atoms with Gasteiger partial charge >= 0.3 is 0 Å². The lowest BCUT2D eigenvalue weighted by molar-refractivity contribution is -0.119. The molecule has 0 aliphatic carbocycles. The molecule has 0 radical (unpaired) electrons. The van der Waals surface area contributed by atoms with Crippen LogP contribution in [0.15, 0.2) is 12.3 Å². The summed E-state index contributed by atoms with van der Waals surface area (Å²) in [5.74, 6) is 0.762. The highest BCUT2D eigenvalue weighted by Crippen LogP contribution is 2.28. The number of nitrogens with zero attached hydrogens (tertiary/aromatic N) is 3. The van der Waals surface area contributed by atoms with Gasteiger partial charge in [-0.15, -0.1) is 0 Å². The van der Waals surface area contributed by atoms with Crippen molar-refractivity contribution >= 4 is 11.7 Å². The molecule has 140 valence electrons. The Morgan fingerprint density at radius 3 is 2.80 bits per heavy atom. The number of aromatic nitrogens is 2. The summed E-state index contributed by atoms with van der Waals surface area (Å²) in [4.78, 5) is 14.7. The number of nitrogens with one attached hydrogen (secondary N) is 1. The first kappa shape index (κ1) is 18.4. The van der Waals surface area contributed by atoms with Crippen LogP contribution in [0.2, 0.25) is 0 Å². The van der Waals surface area contributed by atoms with Gasteiger partial charge in [-0.25, -0.2) is 4.68 Å². The molecule has 0 saturated carbocycles. The number of anilines is 1. The van der Waals surface area contributed by atoms with Crippen LogP contribution in [-0.2, 0) is 9.53 Å². The van der Waals surface area contributed by atoms with Crippen LogP contribution in [0.5, 0.6) is 0 Å². The number of hydrogen-bond acceptors (Lipinski definition) is 5. The molecule has 3 rings (SSSR count). The molecular formula is C18H30N4O3. The summed E-state index contributed by atoms with van der Waals surface area (Å²) >= 11 is 0. The molecule has 2 aliphatic heterocycles. The smallest absolute Gasteiger partial charge is 0.231 e. The lowest BCUT2D eigenvalue weighted by atomic mass is 9.92. The first-order valence-electron chi connectivity index (χ1n) is 9.24. The number of carbonyl (C=O) groups is 1. The Bertz CT molecular complexity index is 573. The second-order valence-corrected chi connectivity index (χ2v) is 8.04. The molecule has 7 nitrogen and oxygen atoms in total.